The van der Waals surface area contributed by atoms with Gasteiger partial charge in [-0.05, 0) is 29.8 Å². The van der Waals surface area contributed by atoms with Crippen LogP contribution in [0.2, 0.25) is 0 Å². The Morgan fingerprint density at radius 1 is 1.35 bits per heavy atom. The third-order valence-corrected chi connectivity index (χ3v) is 2.96. The van der Waals surface area contributed by atoms with Gasteiger partial charge in [-0.25, -0.2) is 4.39 Å². The summed E-state index contributed by atoms with van der Waals surface area (Å²) in [6.07, 6.45) is 2.81. The van der Waals surface area contributed by atoms with Gasteiger partial charge in [0.2, 0.25) is 0 Å². The van der Waals surface area contributed by atoms with Crippen LogP contribution in [0.25, 0.3) is 0 Å². The topological polar surface area (TPSA) is 33.1 Å². The molecule has 0 aliphatic rings. The highest BCUT2D eigenvalue weighted by Gasteiger charge is 2.13. The monoisotopic (exact) mass is 295 g/mol. The van der Waals surface area contributed by atoms with Crippen molar-refractivity contribution in [1.82, 2.24) is 4.98 Å². The number of nitrogens with zero attached hydrogens (tertiary/aromatic N) is 1. The summed E-state index contributed by atoms with van der Waals surface area (Å²) in [7, 11) is 0. The zero-order chi connectivity index (χ0) is 12.3. The smallest absolute Gasteiger partial charge is 0.129 e. The Hall–Kier alpha value is -1.26. The summed E-state index contributed by atoms with van der Waals surface area (Å²) in [6.45, 7) is 0. The Kier molecular flexibility index (Phi) is 3.86. The molecule has 1 heterocycles. The van der Waals surface area contributed by atoms with E-state index in [4.69, 9.17) is 0 Å². The molecule has 0 fully saturated rings. The fourth-order valence-electron chi connectivity index (χ4n) is 1.62. The molecule has 2 rings (SSSR count). The molecule has 0 bridgehead atoms. The number of halogens is 2. The Morgan fingerprint density at radius 2 is 2.18 bits per heavy atom. The Morgan fingerprint density at radius 3 is 2.88 bits per heavy atom. The van der Waals surface area contributed by atoms with E-state index < -0.39 is 11.9 Å². The summed E-state index contributed by atoms with van der Waals surface area (Å²) in [6, 6.07) is 8.18. The summed E-state index contributed by atoms with van der Waals surface area (Å²) in [5.41, 5.74) is 1.17. The molecule has 17 heavy (non-hydrogen) atoms. The van der Waals surface area contributed by atoms with Crippen molar-refractivity contribution >= 4 is 15.9 Å². The third-order valence-electron chi connectivity index (χ3n) is 2.47. The van der Waals surface area contributed by atoms with Crippen molar-refractivity contribution in [3.05, 3.63) is 64.1 Å². The average molecular weight is 296 g/mol. The van der Waals surface area contributed by atoms with Gasteiger partial charge in [0.25, 0.3) is 0 Å². The number of aliphatic hydroxyl groups excluding tert-OH is 1. The first kappa shape index (κ1) is 12.2. The predicted molar refractivity (Wildman–Crippen MR) is 67.0 cm³/mol. The second kappa shape index (κ2) is 5.38. The van der Waals surface area contributed by atoms with Crippen LogP contribution in [-0.2, 0) is 6.42 Å². The lowest BCUT2D eigenvalue weighted by Crippen LogP contribution is -2.04. The summed E-state index contributed by atoms with van der Waals surface area (Å²) in [4.78, 5) is 3.96. The largest absolute Gasteiger partial charge is 0.388 e. The van der Waals surface area contributed by atoms with E-state index in [1.807, 2.05) is 6.07 Å². The van der Waals surface area contributed by atoms with Crippen molar-refractivity contribution in [1.29, 1.82) is 0 Å². The van der Waals surface area contributed by atoms with Gasteiger partial charge in [0.05, 0.1) is 6.10 Å². The lowest BCUT2D eigenvalue weighted by molar-refractivity contribution is 0.173. The maximum Gasteiger partial charge on any atom is 0.129 e. The highest BCUT2D eigenvalue weighted by atomic mass is 79.9. The van der Waals surface area contributed by atoms with Gasteiger partial charge in [0.1, 0.15) is 5.82 Å². The fourth-order valence-corrected chi connectivity index (χ4v) is 2.00. The normalized spacial score (nSPS) is 12.4. The summed E-state index contributed by atoms with van der Waals surface area (Å²) < 4.78 is 14.3. The molecule has 1 N–H and O–H groups in total. The fraction of sp³-hybridized carbons (Fsp3) is 0.154. The maximum absolute atomic E-state index is 13.5. The van der Waals surface area contributed by atoms with Crippen molar-refractivity contribution in [2.24, 2.45) is 0 Å². The Bertz CT molecular complexity index is 504. The maximum atomic E-state index is 13.5. The molecule has 1 aromatic carbocycles. The third kappa shape index (κ3) is 3.11. The van der Waals surface area contributed by atoms with Crippen molar-refractivity contribution in [2.75, 3.05) is 0 Å². The molecule has 1 aromatic heterocycles. The molecule has 88 valence electrons. The van der Waals surface area contributed by atoms with E-state index >= 15 is 0 Å². The molecule has 0 spiro atoms. The quantitative estimate of drug-likeness (QED) is 0.943. The second-order valence-electron chi connectivity index (χ2n) is 3.75. The zero-order valence-electron chi connectivity index (χ0n) is 8.98. The summed E-state index contributed by atoms with van der Waals surface area (Å²) in [5.74, 6) is -0.399. The number of benzene rings is 1. The van der Waals surface area contributed by atoms with E-state index in [0.29, 0.717) is 12.0 Å². The molecule has 2 nitrogen and oxygen atoms in total. The Labute approximate surface area is 107 Å². The SMILES string of the molecule is OC(Cc1cccnc1)c1cc(Br)ccc1F. The van der Waals surface area contributed by atoms with E-state index in [9.17, 15) is 9.50 Å². The van der Waals surface area contributed by atoms with E-state index in [0.717, 1.165) is 10.0 Å². The van der Waals surface area contributed by atoms with Crippen LogP contribution in [0.3, 0.4) is 0 Å². The molecule has 0 saturated heterocycles. The molecule has 2 aromatic rings. The Balaban J connectivity index is 2.20. The summed E-state index contributed by atoms with van der Waals surface area (Å²) >= 11 is 3.26. The van der Waals surface area contributed by atoms with E-state index in [2.05, 4.69) is 20.9 Å². The molecule has 1 atom stereocenters. The number of rotatable bonds is 3. The molecular weight excluding hydrogens is 285 g/mol. The molecule has 4 heteroatoms. The molecule has 0 saturated carbocycles. The first-order valence-electron chi connectivity index (χ1n) is 5.19. The molecule has 0 aliphatic heterocycles. The number of aliphatic hydroxyl groups is 1. The minimum absolute atomic E-state index is 0.295. The van der Waals surface area contributed by atoms with E-state index in [1.54, 1.807) is 30.6 Å². The second-order valence-corrected chi connectivity index (χ2v) is 4.66. The first-order chi connectivity index (χ1) is 8.16. The van der Waals surface area contributed by atoms with Crippen LogP contribution in [0, 0.1) is 5.82 Å². The van der Waals surface area contributed by atoms with Crippen molar-refractivity contribution in [3.63, 3.8) is 0 Å². The molecule has 0 radical (unpaired) electrons. The van der Waals surface area contributed by atoms with Crippen LogP contribution in [0.4, 0.5) is 4.39 Å². The van der Waals surface area contributed by atoms with Crippen LogP contribution < -0.4 is 0 Å². The minimum atomic E-state index is -0.864. The number of aromatic nitrogens is 1. The number of hydrogen-bond donors (Lipinski definition) is 1. The van der Waals surface area contributed by atoms with Gasteiger partial charge < -0.3 is 5.11 Å². The van der Waals surface area contributed by atoms with E-state index in [1.165, 1.54) is 6.07 Å². The van der Waals surface area contributed by atoms with E-state index in [-0.39, 0.29) is 0 Å². The predicted octanol–water partition coefficient (Wildman–Crippen LogP) is 3.26. The van der Waals surface area contributed by atoms with Crippen LogP contribution in [0.5, 0.6) is 0 Å². The number of hydrogen-bond acceptors (Lipinski definition) is 2. The van der Waals surface area contributed by atoms with Gasteiger partial charge in [-0.3, -0.25) is 4.98 Å². The van der Waals surface area contributed by atoms with Crippen molar-refractivity contribution in [3.8, 4) is 0 Å². The molecule has 0 amide bonds. The first-order valence-corrected chi connectivity index (χ1v) is 5.98. The van der Waals surface area contributed by atoms with Crippen molar-refractivity contribution in [2.45, 2.75) is 12.5 Å². The molecule has 0 aliphatic carbocycles. The summed E-state index contributed by atoms with van der Waals surface area (Å²) in [5, 5.41) is 9.99. The standard InChI is InChI=1S/C13H11BrFNO/c14-10-3-4-12(15)11(7-10)13(17)6-9-2-1-5-16-8-9/h1-5,7-8,13,17H,6H2. The van der Waals surface area contributed by atoms with Gasteiger partial charge in [0.15, 0.2) is 0 Å². The van der Waals surface area contributed by atoms with Crippen LogP contribution in [-0.4, -0.2) is 10.1 Å². The number of pyridine rings is 1. The highest BCUT2D eigenvalue weighted by molar-refractivity contribution is 9.10. The van der Waals surface area contributed by atoms with Crippen LogP contribution >= 0.6 is 15.9 Å². The highest BCUT2D eigenvalue weighted by Crippen LogP contribution is 2.24. The molecular formula is C13H11BrFNO. The zero-order valence-corrected chi connectivity index (χ0v) is 10.6. The average Bonchev–Trinajstić information content (AvgIpc) is 2.33. The van der Waals surface area contributed by atoms with Crippen LogP contribution in [0.15, 0.2) is 47.2 Å². The minimum Gasteiger partial charge on any atom is -0.388 e. The van der Waals surface area contributed by atoms with Gasteiger partial charge in [-0.15, -0.1) is 0 Å². The van der Waals surface area contributed by atoms with Crippen molar-refractivity contribution < 1.29 is 9.50 Å². The lowest BCUT2D eigenvalue weighted by atomic mass is 10.0. The van der Waals surface area contributed by atoms with Gasteiger partial charge in [-0.2, -0.15) is 0 Å². The van der Waals surface area contributed by atoms with Gasteiger partial charge in [0, 0.05) is 28.9 Å². The molecule has 1 unspecified atom stereocenters. The van der Waals surface area contributed by atoms with Crippen LogP contribution in [0.1, 0.15) is 17.2 Å². The van der Waals surface area contributed by atoms with Gasteiger partial charge in [-0.1, -0.05) is 22.0 Å². The lowest BCUT2D eigenvalue weighted by Gasteiger charge is -2.12. The van der Waals surface area contributed by atoms with Gasteiger partial charge >= 0.3 is 0 Å².